The lowest BCUT2D eigenvalue weighted by Crippen LogP contribution is -2.54. The number of aliphatic hydroxyl groups excluding tert-OH is 1. The van der Waals surface area contributed by atoms with Gasteiger partial charge in [-0.05, 0) is 24.8 Å². The molecule has 0 aromatic carbocycles. The predicted octanol–water partition coefficient (Wildman–Crippen LogP) is 1.88. The Kier molecular flexibility index (Phi) is 5.53. The van der Waals surface area contributed by atoms with Gasteiger partial charge < -0.3 is 10.4 Å². The molecule has 0 spiro atoms. The van der Waals surface area contributed by atoms with E-state index in [0.717, 1.165) is 49.4 Å². The minimum absolute atomic E-state index is 0.104. The molecule has 0 radical (unpaired) electrons. The highest BCUT2D eigenvalue weighted by atomic mass is 35.5. The summed E-state index contributed by atoms with van der Waals surface area (Å²) >= 11 is 5.88. The second kappa shape index (κ2) is 8.30. The molecule has 2 aliphatic heterocycles. The van der Waals surface area contributed by atoms with Crippen molar-refractivity contribution in [1.82, 2.24) is 24.8 Å². The Bertz CT molecular complexity index is 1000. The van der Waals surface area contributed by atoms with Crippen molar-refractivity contribution in [1.29, 1.82) is 0 Å². The lowest BCUT2D eigenvalue weighted by molar-refractivity contribution is -0.00714. The van der Waals surface area contributed by atoms with Crippen molar-refractivity contribution in [3.05, 3.63) is 41.3 Å². The van der Waals surface area contributed by atoms with Gasteiger partial charge in [-0.25, -0.2) is 19.9 Å². The van der Waals surface area contributed by atoms with Crippen LogP contribution in [0.25, 0.3) is 5.57 Å². The van der Waals surface area contributed by atoms with Gasteiger partial charge in [0, 0.05) is 49.6 Å². The molecule has 2 aromatic rings. The van der Waals surface area contributed by atoms with Crippen molar-refractivity contribution in [2.45, 2.75) is 42.8 Å². The lowest BCUT2D eigenvalue weighted by Gasteiger charge is -2.47. The standard InChI is InChI=1S/C20H23ClN6O2S/c21-13-9-22-18(23-10-13)12-3-6-27(7-4-12)16-2-1-14(16)20(28)26-19-17-15(24-11-25-19)5-8-30(17)29/h3,9-11,14,16,20,28H,1-2,4-8H2,(H,24,25,26)/t14?,16?,20-,30?/m1/s1. The van der Waals surface area contributed by atoms with Crippen LogP contribution >= 0.6 is 11.6 Å². The zero-order valence-electron chi connectivity index (χ0n) is 16.4. The van der Waals surface area contributed by atoms with Crippen molar-refractivity contribution in [3.63, 3.8) is 0 Å². The molecule has 0 saturated heterocycles. The van der Waals surface area contributed by atoms with Crippen molar-refractivity contribution in [2.75, 3.05) is 24.2 Å². The number of fused-ring (bicyclic) bond motifs is 1. The molecule has 10 heteroatoms. The molecule has 8 nitrogen and oxygen atoms in total. The summed E-state index contributed by atoms with van der Waals surface area (Å²) in [7, 11) is -1.10. The van der Waals surface area contributed by atoms with Crippen molar-refractivity contribution in [3.8, 4) is 0 Å². The van der Waals surface area contributed by atoms with E-state index in [-0.39, 0.29) is 5.92 Å². The Morgan fingerprint density at radius 1 is 1.20 bits per heavy atom. The van der Waals surface area contributed by atoms with Gasteiger partial charge in [-0.1, -0.05) is 17.7 Å². The van der Waals surface area contributed by atoms with Crippen LogP contribution < -0.4 is 5.32 Å². The molecular formula is C20H23ClN6O2S. The van der Waals surface area contributed by atoms with E-state index in [4.69, 9.17) is 11.6 Å². The van der Waals surface area contributed by atoms with Crippen LogP contribution in [0.3, 0.4) is 0 Å². The van der Waals surface area contributed by atoms with Gasteiger partial charge in [0.1, 0.15) is 23.3 Å². The summed E-state index contributed by atoms with van der Waals surface area (Å²) < 4.78 is 12.3. The van der Waals surface area contributed by atoms with Crippen LogP contribution in [0, 0.1) is 5.92 Å². The first-order valence-electron chi connectivity index (χ1n) is 10.2. The van der Waals surface area contributed by atoms with E-state index in [0.29, 0.717) is 34.0 Å². The first-order valence-corrected chi connectivity index (χ1v) is 11.9. The number of anilines is 1. The molecule has 2 N–H and O–H groups in total. The molecule has 3 aliphatic rings. The molecule has 4 heterocycles. The fraction of sp³-hybridized carbons (Fsp3) is 0.500. The zero-order valence-corrected chi connectivity index (χ0v) is 17.9. The normalized spacial score (nSPS) is 27.1. The largest absolute Gasteiger partial charge is 0.373 e. The number of aryl methyl sites for hydroxylation is 1. The number of aromatic nitrogens is 4. The van der Waals surface area contributed by atoms with Crippen molar-refractivity contribution < 1.29 is 9.32 Å². The number of hydrogen-bond donors (Lipinski definition) is 2. The average Bonchev–Trinajstić information content (AvgIpc) is 3.10. The average molecular weight is 447 g/mol. The minimum Gasteiger partial charge on any atom is -0.373 e. The molecule has 0 amide bonds. The predicted molar refractivity (Wildman–Crippen MR) is 114 cm³/mol. The molecule has 0 bridgehead atoms. The van der Waals surface area contributed by atoms with Crippen LogP contribution in [0.2, 0.25) is 5.02 Å². The number of nitrogens with zero attached hydrogens (tertiary/aromatic N) is 5. The first-order chi connectivity index (χ1) is 14.6. The van der Waals surface area contributed by atoms with Crippen molar-refractivity contribution >= 4 is 33.8 Å². The van der Waals surface area contributed by atoms with Crippen LogP contribution in [0.4, 0.5) is 5.82 Å². The zero-order chi connectivity index (χ0) is 20.7. The maximum atomic E-state index is 12.3. The molecule has 1 aliphatic carbocycles. The highest BCUT2D eigenvalue weighted by Crippen LogP contribution is 2.37. The Morgan fingerprint density at radius 3 is 2.73 bits per heavy atom. The van der Waals surface area contributed by atoms with E-state index < -0.39 is 17.0 Å². The number of nitrogens with one attached hydrogen (secondary N) is 1. The molecule has 158 valence electrons. The Hall–Kier alpha value is -1.94. The topological polar surface area (TPSA) is 104 Å². The molecule has 4 atom stereocenters. The molecule has 2 aromatic heterocycles. The van der Waals surface area contributed by atoms with E-state index in [2.05, 4.69) is 36.2 Å². The van der Waals surface area contributed by atoms with Gasteiger partial charge in [0.25, 0.3) is 0 Å². The number of rotatable bonds is 5. The summed E-state index contributed by atoms with van der Waals surface area (Å²) in [6, 6.07) is 0.303. The summed E-state index contributed by atoms with van der Waals surface area (Å²) in [5, 5.41) is 14.5. The quantitative estimate of drug-likeness (QED) is 0.671. The smallest absolute Gasteiger partial charge is 0.154 e. The molecule has 30 heavy (non-hydrogen) atoms. The van der Waals surface area contributed by atoms with E-state index in [1.165, 1.54) is 6.33 Å². The highest BCUT2D eigenvalue weighted by molar-refractivity contribution is 7.85. The van der Waals surface area contributed by atoms with Gasteiger partial charge in [0.15, 0.2) is 5.82 Å². The van der Waals surface area contributed by atoms with Crippen LogP contribution in [0.1, 0.15) is 30.8 Å². The number of halogens is 1. The number of aliphatic hydroxyl groups is 1. The highest BCUT2D eigenvalue weighted by Gasteiger charge is 2.41. The van der Waals surface area contributed by atoms with E-state index in [9.17, 15) is 9.32 Å². The molecule has 1 saturated carbocycles. The molecule has 5 rings (SSSR count). The summed E-state index contributed by atoms with van der Waals surface area (Å²) in [4.78, 5) is 20.2. The number of hydrogen-bond acceptors (Lipinski definition) is 8. The molecule has 1 fully saturated rings. The first kappa shape index (κ1) is 20.0. The molecular weight excluding hydrogens is 424 g/mol. The second-order valence-corrected chi connectivity index (χ2v) is 9.84. The van der Waals surface area contributed by atoms with Gasteiger partial charge in [0.05, 0.1) is 21.5 Å². The van der Waals surface area contributed by atoms with Gasteiger partial charge >= 0.3 is 0 Å². The fourth-order valence-corrected chi connectivity index (χ4v) is 5.89. The van der Waals surface area contributed by atoms with Gasteiger partial charge in [-0.3, -0.25) is 9.11 Å². The third-order valence-corrected chi connectivity index (χ3v) is 7.88. The van der Waals surface area contributed by atoms with Crippen LogP contribution in [0.15, 0.2) is 29.7 Å². The summed E-state index contributed by atoms with van der Waals surface area (Å²) in [5.74, 6) is 1.92. The van der Waals surface area contributed by atoms with Crippen LogP contribution in [0.5, 0.6) is 0 Å². The third kappa shape index (κ3) is 3.75. The van der Waals surface area contributed by atoms with Crippen molar-refractivity contribution in [2.24, 2.45) is 5.92 Å². The second-order valence-electron chi connectivity index (χ2n) is 7.89. The van der Waals surface area contributed by atoms with E-state index in [1.54, 1.807) is 12.4 Å². The van der Waals surface area contributed by atoms with E-state index in [1.807, 2.05) is 0 Å². The van der Waals surface area contributed by atoms with Gasteiger partial charge in [-0.15, -0.1) is 0 Å². The van der Waals surface area contributed by atoms with Gasteiger partial charge in [0.2, 0.25) is 0 Å². The lowest BCUT2D eigenvalue weighted by atomic mass is 9.76. The maximum Gasteiger partial charge on any atom is 0.154 e. The minimum atomic E-state index is -1.10. The Balaban J connectivity index is 1.23. The van der Waals surface area contributed by atoms with Crippen LogP contribution in [-0.4, -0.2) is 65.3 Å². The monoisotopic (exact) mass is 446 g/mol. The summed E-state index contributed by atoms with van der Waals surface area (Å²) in [5.41, 5.74) is 1.96. The van der Waals surface area contributed by atoms with Gasteiger partial charge in [-0.2, -0.15) is 0 Å². The third-order valence-electron chi connectivity index (χ3n) is 6.23. The molecule has 3 unspecified atom stereocenters. The summed E-state index contributed by atoms with van der Waals surface area (Å²) in [6.45, 7) is 1.71. The Morgan fingerprint density at radius 2 is 2.03 bits per heavy atom. The van der Waals surface area contributed by atoms with Crippen LogP contribution in [-0.2, 0) is 17.2 Å². The maximum absolute atomic E-state index is 12.3. The Labute approximate surface area is 182 Å². The fourth-order valence-electron chi connectivity index (χ4n) is 4.47. The summed E-state index contributed by atoms with van der Waals surface area (Å²) in [6.07, 6.45) is 9.72. The van der Waals surface area contributed by atoms with E-state index >= 15 is 0 Å². The SMILES string of the molecule is O=S1CCc2ncnc(N[C@H](O)C3CCC3N3CC=C(c4ncc(Cl)cn4)CC3)c21.